The molecule has 3 heterocycles. The Hall–Kier alpha value is -1.86. The highest BCUT2D eigenvalue weighted by Gasteiger charge is 2.22. The molecule has 0 saturated carbocycles. The third-order valence-electron chi connectivity index (χ3n) is 4.04. The summed E-state index contributed by atoms with van der Waals surface area (Å²) in [4.78, 5) is 13.3. The van der Waals surface area contributed by atoms with E-state index in [4.69, 9.17) is 11.6 Å². The van der Waals surface area contributed by atoms with Crippen LogP contribution in [-0.4, -0.2) is 46.3 Å². The number of benzene rings is 1. The van der Waals surface area contributed by atoms with Crippen LogP contribution in [0.2, 0.25) is 5.02 Å². The minimum absolute atomic E-state index is 0.680. The van der Waals surface area contributed by atoms with Gasteiger partial charge in [-0.05, 0) is 34.1 Å². The summed E-state index contributed by atoms with van der Waals surface area (Å²) in [7, 11) is 0. The van der Waals surface area contributed by atoms with E-state index in [1.807, 2.05) is 18.2 Å². The van der Waals surface area contributed by atoms with Gasteiger partial charge in [0.2, 0.25) is 0 Å². The van der Waals surface area contributed by atoms with Crippen molar-refractivity contribution in [3.05, 3.63) is 40.2 Å². The molecule has 4 rings (SSSR count). The molecule has 1 saturated heterocycles. The number of hydrogen-bond acceptors (Lipinski definition) is 5. The fourth-order valence-corrected chi connectivity index (χ4v) is 3.52. The van der Waals surface area contributed by atoms with Crippen LogP contribution in [0.15, 0.2) is 35.2 Å². The lowest BCUT2D eigenvalue weighted by Gasteiger charge is -2.36. The van der Waals surface area contributed by atoms with Gasteiger partial charge in [0.05, 0.1) is 5.39 Å². The van der Waals surface area contributed by atoms with Crippen molar-refractivity contribution in [1.29, 1.82) is 0 Å². The van der Waals surface area contributed by atoms with Gasteiger partial charge >= 0.3 is 0 Å². The van der Waals surface area contributed by atoms with Gasteiger partial charge in [0.1, 0.15) is 16.7 Å². The molecule has 0 amide bonds. The summed E-state index contributed by atoms with van der Waals surface area (Å²) in [5, 5.41) is 8.78. The van der Waals surface area contributed by atoms with Crippen LogP contribution in [0.5, 0.6) is 0 Å². The standard InChI is InChI=1S/C15H14BrClN6/c16-13-12-14(21-20-13)18-9-19-15(12)23-6-4-22(5-7-23)11-3-1-2-10(17)8-11/h1-3,8-9H,4-7H2,(H,18,19,20,21). The SMILES string of the molecule is Clc1cccc(N2CCN(c3ncnc4n[nH]c(Br)c34)CC2)c1. The zero-order chi connectivity index (χ0) is 15.8. The summed E-state index contributed by atoms with van der Waals surface area (Å²) in [6, 6.07) is 7.99. The topological polar surface area (TPSA) is 60.9 Å². The maximum Gasteiger partial charge on any atom is 0.187 e. The second-order valence-corrected chi connectivity index (χ2v) is 6.62. The first-order chi connectivity index (χ1) is 11.2. The molecule has 1 aliphatic heterocycles. The van der Waals surface area contributed by atoms with Gasteiger partial charge in [0.25, 0.3) is 0 Å². The molecule has 1 N–H and O–H groups in total. The number of aromatic amines is 1. The zero-order valence-electron chi connectivity index (χ0n) is 12.2. The first-order valence-electron chi connectivity index (χ1n) is 7.32. The Morgan fingerprint density at radius 1 is 1.09 bits per heavy atom. The Kier molecular flexibility index (Phi) is 3.82. The molecular formula is C15H14BrClN6. The molecule has 0 atom stereocenters. The Morgan fingerprint density at radius 2 is 1.87 bits per heavy atom. The molecule has 0 aliphatic carbocycles. The summed E-state index contributed by atoms with van der Waals surface area (Å²) >= 11 is 9.58. The molecule has 6 nitrogen and oxygen atoms in total. The predicted molar refractivity (Wildman–Crippen MR) is 95.3 cm³/mol. The van der Waals surface area contributed by atoms with E-state index in [0.717, 1.165) is 52.7 Å². The van der Waals surface area contributed by atoms with Gasteiger partial charge in [-0.3, -0.25) is 5.10 Å². The van der Waals surface area contributed by atoms with Crippen LogP contribution < -0.4 is 9.80 Å². The molecule has 0 unspecified atom stereocenters. The first kappa shape index (κ1) is 14.7. The van der Waals surface area contributed by atoms with Crippen molar-refractivity contribution in [2.75, 3.05) is 36.0 Å². The molecule has 1 aliphatic rings. The highest BCUT2D eigenvalue weighted by Crippen LogP contribution is 2.29. The Morgan fingerprint density at radius 3 is 2.65 bits per heavy atom. The third kappa shape index (κ3) is 2.74. The van der Waals surface area contributed by atoms with Crippen molar-refractivity contribution in [2.24, 2.45) is 0 Å². The lowest BCUT2D eigenvalue weighted by atomic mass is 10.2. The number of fused-ring (bicyclic) bond motifs is 1. The average molecular weight is 394 g/mol. The first-order valence-corrected chi connectivity index (χ1v) is 8.49. The van der Waals surface area contributed by atoms with E-state index in [-0.39, 0.29) is 0 Å². The van der Waals surface area contributed by atoms with E-state index >= 15 is 0 Å². The number of anilines is 2. The minimum atomic E-state index is 0.680. The number of piperazine rings is 1. The van der Waals surface area contributed by atoms with E-state index < -0.39 is 0 Å². The number of halogens is 2. The van der Waals surface area contributed by atoms with Crippen molar-refractivity contribution >= 4 is 50.1 Å². The van der Waals surface area contributed by atoms with Crippen LogP contribution in [0.3, 0.4) is 0 Å². The molecule has 3 aromatic rings. The summed E-state index contributed by atoms with van der Waals surface area (Å²) < 4.78 is 0.820. The Bertz CT molecular complexity index is 843. The van der Waals surface area contributed by atoms with Gasteiger partial charge in [-0.1, -0.05) is 17.7 Å². The molecule has 2 aromatic heterocycles. The maximum atomic E-state index is 6.09. The number of hydrogen-bond donors (Lipinski definition) is 1. The molecule has 1 aromatic carbocycles. The predicted octanol–water partition coefficient (Wildman–Crippen LogP) is 3.10. The van der Waals surface area contributed by atoms with E-state index in [2.05, 4.69) is 52.0 Å². The van der Waals surface area contributed by atoms with Crippen molar-refractivity contribution in [1.82, 2.24) is 20.2 Å². The Labute approximate surface area is 146 Å². The highest BCUT2D eigenvalue weighted by atomic mass is 79.9. The van der Waals surface area contributed by atoms with Crippen LogP contribution in [0, 0.1) is 0 Å². The lowest BCUT2D eigenvalue weighted by molar-refractivity contribution is 0.649. The van der Waals surface area contributed by atoms with Crippen LogP contribution >= 0.6 is 27.5 Å². The van der Waals surface area contributed by atoms with E-state index in [1.165, 1.54) is 0 Å². The molecule has 0 spiro atoms. The van der Waals surface area contributed by atoms with Crippen LogP contribution in [0.1, 0.15) is 0 Å². The third-order valence-corrected chi connectivity index (χ3v) is 4.85. The fourth-order valence-electron chi connectivity index (χ4n) is 2.90. The normalized spacial score (nSPS) is 15.4. The minimum Gasteiger partial charge on any atom is -0.368 e. The summed E-state index contributed by atoms with van der Waals surface area (Å²) in [6.45, 7) is 3.61. The van der Waals surface area contributed by atoms with Gasteiger partial charge in [0.15, 0.2) is 5.65 Å². The lowest BCUT2D eigenvalue weighted by Crippen LogP contribution is -2.46. The van der Waals surface area contributed by atoms with Gasteiger partial charge in [-0.25, -0.2) is 9.97 Å². The monoisotopic (exact) mass is 392 g/mol. The number of H-pyrrole nitrogens is 1. The van der Waals surface area contributed by atoms with Crippen molar-refractivity contribution in [3.63, 3.8) is 0 Å². The summed E-state index contributed by atoms with van der Waals surface area (Å²) in [5.41, 5.74) is 1.84. The molecular weight excluding hydrogens is 380 g/mol. The molecule has 118 valence electrons. The number of aromatic nitrogens is 4. The van der Waals surface area contributed by atoms with Gasteiger partial charge < -0.3 is 9.80 Å². The second kappa shape index (κ2) is 5.98. The number of nitrogens with zero attached hydrogens (tertiary/aromatic N) is 5. The molecule has 0 bridgehead atoms. The molecule has 8 heteroatoms. The van der Waals surface area contributed by atoms with E-state index in [1.54, 1.807) is 6.33 Å². The largest absolute Gasteiger partial charge is 0.368 e. The Balaban J connectivity index is 1.56. The van der Waals surface area contributed by atoms with Crippen LogP contribution in [-0.2, 0) is 0 Å². The van der Waals surface area contributed by atoms with E-state index in [9.17, 15) is 0 Å². The number of rotatable bonds is 2. The molecule has 1 fully saturated rings. The van der Waals surface area contributed by atoms with Crippen LogP contribution in [0.4, 0.5) is 11.5 Å². The number of nitrogens with one attached hydrogen (secondary N) is 1. The van der Waals surface area contributed by atoms with Gasteiger partial charge in [0, 0.05) is 36.9 Å². The maximum absolute atomic E-state index is 6.09. The average Bonchev–Trinajstić information content (AvgIpc) is 2.97. The molecule has 0 radical (unpaired) electrons. The molecule has 23 heavy (non-hydrogen) atoms. The zero-order valence-corrected chi connectivity index (χ0v) is 14.5. The smallest absolute Gasteiger partial charge is 0.187 e. The van der Waals surface area contributed by atoms with Crippen molar-refractivity contribution in [2.45, 2.75) is 0 Å². The van der Waals surface area contributed by atoms with E-state index in [0.29, 0.717) is 5.65 Å². The summed E-state index contributed by atoms with van der Waals surface area (Å²) in [6.07, 6.45) is 1.56. The summed E-state index contributed by atoms with van der Waals surface area (Å²) in [5.74, 6) is 0.918. The fraction of sp³-hybridized carbons (Fsp3) is 0.267. The van der Waals surface area contributed by atoms with Gasteiger partial charge in [-0.2, -0.15) is 5.10 Å². The van der Waals surface area contributed by atoms with Crippen molar-refractivity contribution in [3.8, 4) is 0 Å². The van der Waals surface area contributed by atoms with Crippen LogP contribution in [0.25, 0.3) is 11.0 Å². The second-order valence-electron chi connectivity index (χ2n) is 5.39. The van der Waals surface area contributed by atoms with Crippen molar-refractivity contribution < 1.29 is 0 Å². The quantitative estimate of drug-likeness (QED) is 0.725. The highest BCUT2D eigenvalue weighted by molar-refractivity contribution is 9.10. The van der Waals surface area contributed by atoms with Gasteiger partial charge in [-0.15, -0.1) is 0 Å².